The minimum atomic E-state index is -1.90. The predicted octanol–water partition coefficient (Wildman–Crippen LogP) is 4.06. The number of halogens is 1. The Labute approximate surface area is 198 Å². The summed E-state index contributed by atoms with van der Waals surface area (Å²) in [5.41, 5.74) is 2.00. The number of hydrazine groups is 1. The van der Waals surface area contributed by atoms with E-state index in [4.69, 9.17) is 13.9 Å². The fourth-order valence-electron chi connectivity index (χ4n) is 3.65. The molecule has 0 aliphatic carbocycles. The van der Waals surface area contributed by atoms with Crippen LogP contribution in [0.4, 0.5) is 10.1 Å². The lowest BCUT2D eigenvalue weighted by atomic mass is 9.81. The van der Waals surface area contributed by atoms with Crippen LogP contribution in [0, 0.1) is 15.9 Å². The predicted molar refractivity (Wildman–Crippen MR) is 124 cm³/mol. The first-order valence-corrected chi connectivity index (χ1v) is 13.5. The van der Waals surface area contributed by atoms with Crippen LogP contribution in [0.3, 0.4) is 0 Å². The Bertz CT molecular complexity index is 1100. The standard InChI is InChI=1S/C23H27FN2O7Si/c1-23(2,3)18-8-6-7-15(17(18)13-31-34(4)5)16-11-14(9-10-19(16)24)25(26(29)30)22-32-20(27)12-21(28)33-22/h6-11,22,34H,12-13H2,1-5H3. The quantitative estimate of drug-likeness (QED) is 0.188. The van der Waals surface area contributed by atoms with Crippen molar-refractivity contribution in [2.45, 2.75) is 58.7 Å². The average Bonchev–Trinajstić information content (AvgIpc) is 2.71. The molecule has 0 unspecified atom stereocenters. The zero-order chi connectivity index (χ0) is 25.2. The van der Waals surface area contributed by atoms with E-state index in [1.54, 1.807) is 12.1 Å². The number of esters is 2. The summed E-state index contributed by atoms with van der Waals surface area (Å²) in [6.45, 7) is 10.4. The second-order valence-electron chi connectivity index (χ2n) is 9.15. The molecule has 182 valence electrons. The van der Waals surface area contributed by atoms with Crippen molar-refractivity contribution in [2.24, 2.45) is 0 Å². The second-order valence-corrected chi connectivity index (χ2v) is 11.6. The maximum absolute atomic E-state index is 15.1. The van der Waals surface area contributed by atoms with Gasteiger partial charge in [-0.15, -0.1) is 0 Å². The van der Waals surface area contributed by atoms with Crippen LogP contribution in [0.2, 0.25) is 13.1 Å². The summed E-state index contributed by atoms with van der Waals surface area (Å²) in [6.07, 6.45) is -2.54. The Kier molecular flexibility index (Phi) is 7.37. The molecule has 0 N–H and O–H groups in total. The van der Waals surface area contributed by atoms with E-state index < -0.39 is 44.7 Å². The van der Waals surface area contributed by atoms with Crippen molar-refractivity contribution in [3.63, 3.8) is 0 Å². The Morgan fingerprint density at radius 3 is 2.35 bits per heavy atom. The molecule has 0 bridgehead atoms. The highest BCUT2D eigenvalue weighted by Crippen LogP contribution is 2.37. The van der Waals surface area contributed by atoms with Gasteiger partial charge in [-0.3, -0.25) is 9.59 Å². The highest BCUT2D eigenvalue weighted by molar-refractivity contribution is 6.48. The number of rotatable bonds is 7. The first kappa shape index (κ1) is 25.3. The number of hydrogen-bond donors (Lipinski definition) is 0. The molecule has 0 aromatic heterocycles. The highest BCUT2D eigenvalue weighted by Gasteiger charge is 2.40. The minimum Gasteiger partial charge on any atom is -0.416 e. The molecule has 3 rings (SSSR count). The van der Waals surface area contributed by atoms with Gasteiger partial charge in [-0.2, -0.15) is 0 Å². The summed E-state index contributed by atoms with van der Waals surface area (Å²) >= 11 is 0. The lowest BCUT2D eigenvalue weighted by molar-refractivity contribution is -0.519. The fourth-order valence-corrected chi connectivity index (χ4v) is 4.15. The van der Waals surface area contributed by atoms with Crippen LogP contribution >= 0.6 is 0 Å². The van der Waals surface area contributed by atoms with E-state index in [0.29, 0.717) is 10.6 Å². The number of cyclic esters (lactones) is 2. The van der Waals surface area contributed by atoms with Crippen molar-refractivity contribution in [1.82, 2.24) is 0 Å². The van der Waals surface area contributed by atoms with Crippen molar-refractivity contribution >= 4 is 26.7 Å². The zero-order valence-corrected chi connectivity index (χ0v) is 20.8. The summed E-state index contributed by atoms with van der Waals surface area (Å²) in [5.74, 6) is -2.50. The van der Waals surface area contributed by atoms with Gasteiger partial charge < -0.3 is 13.9 Å². The Hall–Kier alpha value is -3.31. The molecule has 0 saturated carbocycles. The van der Waals surface area contributed by atoms with Gasteiger partial charge in [-0.05, 0) is 58.4 Å². The molecule has 11 heteroatoms. The normalized spacial score (nSPS) is 14.7. The van der Waals surface area contributed by atoms with Crippen molar-refractivity contribution in [1.29, 1.82) is 0 Å². The molecule has 9 nitrogen and oxygen atoms in total. The van der Waals surface area contributed by atoms with Gasteiger partial charge in [0.05, 0.1) is 6.61 Å². The summed E-state index contributed by atoms with van der Waals surface area (Å²) in [4.78, 5) is 35.1. The molecule has 34 heavy (non-hydrogen) atoms. The van der Waals surface area contributed by atoms with E-state index in [1.807, 2.05) is 39.9 Å². The lowest BCUT2D eigenvalue weighted by Gasteiger charge is -2.27. The van der Waals surface area contributed by atoms with Crippen molar-refractivity contribution in [2.75, 3.05) is 5.01 Å². The molecule has 1 aliphatic heterocycles. The number of carbonyl (C=O) groups excluding carboxylic acids is 2. The van der Waals surface area contributed by atoms with E-state index >= 15 is 4.39 Å². The van der Waals surface area contributed by atoms with Crippen molar-refractivity contribution in [3.8, 4) is 11.1 Å². The van der Waals surface area contributed by atoms with E-state index in [0.717, 1.165) is 23.3 Å². The summed E-state index contributed by atoms with van der Waals surface area (Å²) < 4.78 is 30.8. The lowest BCUT2D eigenvalue weighted by Crippen LogP contribution is -2.48. The van der Waals surface area contributed by atoms with Gasteiger partial charge in [-0.25, -0.2) is 14.5 Å². The monoisotopic (exact) mass is 490 g/mol. The summed E-state index contributed by atoms with van der Waals surface area (Å²) in [5, 5.41) is 11.3. The van der Waals surface area contributed by atoms with Crippen LogP contribution in [0.1, 0.15) is 38.3 Å². The molecule has 2 aromatic rings. The number of nitro groups is 1. The SMILES string of the molecule is C[SiH](C)OCc1c(-c2cc(N(C3OC(=O)CC(=O)O3)[N+](=O)[O-])ccc2F)cccc1C(C)(C)C. The van der Waals surface area contributed by atoms with Crippen LogP contribution in [-0.4, -0.2) is 32.4 Å². The van der Waals surface area contributed by atoms with E-state index in [-0.39, 0.29) is 23.3 Å². The smallest absolute Gasteiger partial charge is 0.388 e. The van der Waals surface area contributed by atoms with Gasteiger partial charge in [0, 0.05) is 5.56 Å². The summed E-state index contributed by atoms with van der Waals surface area (Å²) in [7, 11) is -1.40. The van der Waals surface area contributed by atoms with Crippen LogP contribution in [0.5, 0.6) is 0 Å². The third-order valence-corrected chi connectivity index (χ3v) is 6.01. The average molecular weight is 491 g/mol. The molecular weight excluding hydrogens is 463 g/mol. The van der Waals surface area contributed by atoms with E-state index in [2.05, 4.69) is 0 Å². The summed E-state index contributed by atoms with van der Waals surface area (Å²) in [6, 6.07) is 8.99. The molecule has 1 heterocycles. The first-order chi connectivity index (χ1) is 15.9. The van der Waals surface area contributed by atoms with Crippen molar-refractivity contribution in [3.05, 3.63) is 63.5 Å². The molecule has 1 saturated heterocycles. The fraction of sp³-hybridized carbons (Fsp3) is 0.391. The number of ether oxygens (including phenoxy) is 2. The molecule has 2 aromatic carbocycles. The topological polar surface area (TPSA) is 108 Å². The molecule has 1 fully saturated rings. The number of nitrogens with zero attached hydrogens (tertiary/aromatic N) is 2. The van der Waals surface area contributed by atoms with E-state index in [9.17, 15) is 19.7 Å². The van der Waals surface area contributed by atoms with Crippen LogP contribution in [0.15, 0.2) is 36.4 Å². The van der Waals surface area contributed by atoms with Crippen molar-refractivity contribution < 1.29 is 32.9 Å². The molecule has 0 amide bonds. The number of carbonyl (C=O) groups is 2. The first-order valence-electron chi connectivity index (χ1n) is 10.7. The van der Waals surface area contributed by atoms with Gasteiger partial charge in [0.2, 0.25) is 0 Å². The maximum atomic E-state index is 15.1. The van der Waals surface area contributed by atoms with Crippen LogP contribution in [0.25, 0.3) is 11.1 Å². The van der Waals surface area contributed by atoms with Gasteiger partial charge in [-0.1, -0.05) is 39.0 Å². The van der Waals surface area contributed by atoms with E-state index in [1.165, 1.54) is 6.07 Å². The van der Waals surface area contributed by atoms with Gasteiger partial charge in [0.1, 0.15) is 17.9 Å². The number of anilines is 1. The van der Waals surface area contributed by atoms with Gasteiger partial charge in [0.25, 0.3) is 0 Å². The maximum Gasteiger partial charge on any atom is 0.388 e. The van der Waals surface area contributed by atoms with Crippen LogP contribution < -0.4 is 5.01 Å². The zero-order valence-electron chi connectivity index (χ0n) is 19.7. The molecule has 0 atom stereocenters. The van der Waals surface area contributed by atoms with Gasteiger partial charge >= 0.3 is 18.4 Å². The molecule has 0 radical (unpaired) electrons. The third-order valence-electron chi connectivity index (χ3n) is 5.18. The highest BCUT2D eigenvalue weighted by atomic mass is 28.3. The Morgan fingerprint density at radius 2 is 1.79 bits per heavy atom. The number of benzene rings is 2. The molecule has 1 aliphatic rings. The Morgan fingerprint density at radius 1 is 1.15 bits per heavy atom. The largest absolute Gasteiger partial charge is 0.416 e. The molecule has 0 spiro atoms. The Balaban J connectivity index is 2.14. The number of hydrogen-bond acceptors (Lipinski definition) is 7. The minimum absolute atomic E-state index is 0.105. The molecular formula is C23H27FN2O7Si. The third kappa shape index (κ3) is 5.60. The van der Waals surface area contributed by atoms with Gasteiger partial charge in [0.15, 0.2) is 14.1 Å². The van der Waals surface area contributed by atoms with Crippen LogP contribution in [-0.2, 0) is 35.5 Å². The second kappa shape index (κ2) is 9.90.